The summed E-state index contributed by atoms with van der Waals surface area (Å²) in [6, 6.07) is 0. The third-order valence-corrected chi connectivity index (χ3v) is 5.59. The molecule has 168 valence electrons. The van der Waals surface area contributed by atoms with Crippen LogP contribution in [0.4, 0.5) is 43.9 Å². The maximum atomic E-state index is 13.6. The number of carboxylic acids is 1. The zero-order chi connectivity index (χ0) is 22.8. The van der Waals surface area contributed by atoms with E-state index in [0.717, 1.165) is 6.92 Å². The number of carbonyl (C=O) groups excluding carboxylic acids is 1. The second-order valence-corrected chi connectivity index (χ2v) is 7.73. The average Bonchev–Trinajstić information content (AvgIpc) is 2.44. The zero-order valence-electron chi connectivity index (χ0n) is 13.9. The fraction of sp³-hybridized carbons (Fsp3) is 0.917. The second kappa shape index (κ2) is 8.59. The molecule has 0 aromatic rings. The average molecular weight is 458 g/mol. The third kappa shape index (κ3) is 6.63. The molecule has 16 heteroatoms. The van der Waals surface area contributed by atoms with Crippen molar-refractivity contribution in [1.82, 2.24) is 4.31 Å². The van der Waals surface area contributed by atoms with E-state index < -0.39 is 77.8 Å². The van der Waals surface area contributed by atoms with Gasteiger partial charge in [-0.25, -0.2) is 12.8 Å². The molecule has 0 rings (SSSR count). The smallest absolute Gasteiger partial charge is 0.431 e. The summed E-state index contributed by atoms with van der Waals surface area (Å²) in [6.45, 7) is -0.805. The van der Waals surface area contributed by atoms with Gasteiger partial charge in [0.15, 0.2) is 0 Å². The fourth-order valence-corrected chi connectivity index (χ4v) is 3.62. The number of hydrogen-bond acceptors (Lipinski definition) is 4. The molecule has 0 fully saturated rings. The van der Waals surface area contributed by atoms with Crippen LogP contribution in [-0.4, -0.2) is 61.7 Å². The van der Waals surface area contributed by atoms with Crippen LogP contribution >= 0.6 is 0 Å². The lowest BCUT2D eigenvalue weighted by Crippen LogP contribution is -2.55. The predicted molar refractivity (Wildman–Crippen MR) is 70.8 cm³/mol. The number of alkyl halides is 10. The number of aliphatic carboxylic acids is 1. The summed E-state index contributed by atoms with van der Waals surface area (Å²) in [5.74, 6) is -7.24. The predicted octanol–water partition coefficient (Wildman–Crippen LogP) is 2.18. The van der Waals surface area contributed by atoms with Crippen LogP contribution in [0, 0.1) is 5.92 Å². The van der Waals surface area contributed by atoms with Crippen molar-refractivity contribution >= 4 is 16.0 Å². The molecule has 28 heavy (non-hydrogen) atoms. The van der Waals surface area contributed by atoms with Crippen LogP contribution in [0.25, 0.3) is 0 Å². The van der Waals surface area contributed by atoms with Crippen molar-refractivity contribution in [3.8, 4) is 0 Å². The van der Waals surface area contributed by atoms with Crippen LogP contribution in [0.2, 0.25) is 0 Å². The molecular weight excluding hydrogens is 444 g/mol. The molecule has 0 aromatic heterocycles. The molecular formula is C12H14F10NO4S-. The number of halogens is 10. The van der Waals surface area contributed by atoms with E-state index in [1.807, 2.05) is 0 Å². The van der Waals surface area contributed by atoms with Gasteiger partial charge in [-0.3, -0.25) is 0 Å². The molecule has 0 saturated carbocycles. The van der Waals surface area contributed by atoms with Crippen LogP contribution in [0.5, 0.6) is 0 Å². The van der Waals surface area contributed by atoms with Crippen molar-refractivity contribution in [3.63, 3.8) is 0 Å². The van der Waals surface area contributed by atoms with E-state index in [4.69, 9.17) is 0 Å². The summed E-state index contributed by atoms with van der Waals surface area (Å²) < 4.78 is 151. The van der Waals surface area contributed by atoms with Crippen molar-refractivity contribution in [2.24, 2.45) is 5.92 Å². The Balaban J connectivity index is 5.73. The van der Waals surface area contributed by atoms with E-state index in [-0.39, 0.29) is 4.31 Å². The molecule has 0 saturated heterocycles. The van der Waals surface area contributed by atoms with Gasteiger partial charge in [-0.15, -0.1) is 0 Å². The summed E-state index contributed by atoms with van der Waals surface area (Å²) in [5.41, 5.74) is -6.22. The molecule has 5 nitrogen and oxygen atoms in total. The quantitative estimate of drug-likeness (QED) is 0.497. The van der Waals surface area contributed by atoms with Crippen molar-refractivity contribution in [1.29, 1.82) is 0 Å². The molecule has 0 bridgehead atoms. The minimum Gasteiger partial charge on any atom is -0.549 e. The summed E-state index contributed by atoms with van der Waals surface area (Å²) in [6.07, 6.45) is -24.3. The first-order valence-corrected chi connectivity index (χ1v) is 8.86. The Morgan fingerprint density at radius 3 is 1.68 bits per heavy atom. The molecule has 0 aliphatic heterocycles. The van der Waals surface area contributed by atoms with Gasteiger partial charge in [0.25, 0.3) is 5.67 Å². The first-order chi connectivity index (χ1) is 12.2. The molecule has 0 aliphatic carbocycles. The number of sulfonamides is 1. The monoisotopic (exact) mass is 458 g/mol. The summed E-state index contributed by atoms with van der Waals surface area (Å²) in [4.78, 5) is 10.4. The SMILES string of the molecule is CCN(CC(=O)[O-])S(=O)(=O)CCC(CC(F)(C(F)(F)F)C(F)(F)F)C(F)(F)F. The van der Waals surface area contributed by atoms with Crippen molar-refractivity contribution in [2.75, 3.05) is 18.8 Å². The van der Waals surface area contributed by atoms with Gasteiger partial charge < -0.3 is 9.90 Å². The molecule has 0 aliphatic rings. The van der Waals surface area contributed by atoms with Crippen LogP contribution in [0.1, 0.15) is 19.8 Å². The van der Waals surface area contributed by atoms with Crippen LogP contribution < -0.4 is 5.11 Å². The van der Waals surface area contributed by atoms with Gasteiger partial charge in [-0.05, 0) is 6.42 Å². The number of carbonyl (C=O) groups is 1. The van der Waals surface area contributed by atoms with E-state index in [2.05, 4.69) is 0 Å². The highest BCUT2D eigenvalue weighted by atomic mass is 32.2. The standard InChI is InChI=1S/C12H15F10NO4S/c1-2-23(6-8(24)25)28(26,27)4-3-7(10(14,15)16)5-9(13,11(17,18)19)12(20,21)22/h7H,2-6H2,1H3,(H,24,25)/p-1. The lowest BCUT2D eigenvalue weighted by atomic mass is 9.88. The molecule has 0 radical (unpaired) electrons. The summed E-state index contributed by atoms with van der Waals surface area (Å²) in [7, 11) is -4.82. The number of rotatable bonds is 9. The Hall–Kier alpha value is -1.32. The molecule has 1 atom stereocenters. The van der Waals surface area contributed by atoms with Crippen LogP contribution in [0.15, 0.2) is 0 Å². The van der Waals surface area contributed by atoms with Gasteiger partial charge in [0, 0.05) is 13.0 Å². The maximum Gasteiger partial charge on any atom is 0.431 e. The number of nitrogens with zero attached hydrogens (tertiary/aromatic N) is 1. The van der Waals surface area contributed by atoms with Gasteiger partial charge in [0.1, 0.15) is 0 Å². The third-order valence-electron chi connectivity index (χ3n) is 3.67. The largest absolute Gasteiger partial charge is 0.549 e. The Morgan fingerprint density at radius 1 is 0.964 bits per heavy atom. The zero-order valence-corrected chi connectivity index (χ0v) is 14.7. The van der Waals surface area contributed by atoms with Crippen molar-refractivity contribution in [3.05, 3.63) is 0 Å². The minimum atomic E-state index is -6.74. The van der Waals surface area contributed by atoms with E-state index >= 15 is 0 Å². The van der Waals surface area contributed by atoms with Gasteiger partial charge in [0.05, 0.1) is 24.2 Å². The number of hydrogen-bond donors (Lipinski definition) is 0. The lowest BCUT2D eigenvalue weighted by molar-refractivity contribution is -0.352. The number of likely N-dealkylation sites (N-methyl/N-ethyl adjacent to an activating group) is 1. The Labute approximate surface area is 152 Å². The Morgan fingerprint density at radius 2 is 1.39 bits per heavy atom. The normalized spacial score (nSPS) is 15.7. The van der Waals surface area contributed by atoms with E-state index in [9.17, 15) is 62.2 Å². The van der Waals surface area contributed by atoms with E-state index in [1.165, 1.54) is 0 Å². The maximum absolute atomic E-state index is 13.6. The Kier molecular flexibility index (Phi) is 8.18. The molecule has 0 heterocycles. The number of carboxylic acid groups (broad SMARTS) is 1. The second-order valence-electron chi connectivity index (χ2n) is 5.64. The van der Waals surface area contributed by atoms with Gasteiger partial charge in [-0.1, -0.05) is 6.92 Å². The highest BCUT2D eigenvalue weighted by molar-refractivity contribution is 7.89. The molecule has 0 aromatic carbocycles. The molecule has 0 N–H and O–H groups in total. The van der Waals surface area contributed by atoms with E-state index in [1.54, 1.807) is 0 Å². The summed E-state index contributed by atoms with van der Waals surface area (Å²) >= 11 is 0. The van der Waals surface area contributed by atoms with Gasteiger partial charge >= 0.3 is 18.5 Å². The summed E-state index contributed by atoms with van der Waals surface area (Å²) in [5, 5.41) is 10.4. The molecule has 0 amide bonds. The topological polar surface area (TPSA) is 77.5 Å². The first kappa shape index (κ1) is 26.7. The minimum absolute atomic E-state index is 0.103. The van der Waals surface area contributed by atoms with Gasteiger partial charge in [-0.2, -0.15) is 43.8 Å². The first-order valence-electron chi connectivity index (χ1n) is 7.25. The van der Waals surface area contributed by atoms with Gasteiger partial charge in [0.2, 0.25) is 10.0 Å². The van der Waals surface area contributed by atoms with Crippen LogP contribution in [0.3, 0.4) is 0 Å². The highest BCUT2D eigenvalue weighted by Crippen LogP contribution is 2.52. The van der Waals surface area contributed by atoms with Crippen molar-refractivity contribution < 1.29 is 62.2 Å². The Bertz CT molecular complexity index is 626. The van der Waals surface area contributed by atoms with E-state index in [0.29, 0.717) is 0 Å². The van der Waals surface area contributed by atoms with Crippen LogP contribution in [-0.2, 0) is 14.8 Å². The van der Waals surface area contributed by atoms with Crippen molar-refractivity contribution in [2.45, 2.75) is 44.0 Å². The highest BCUT2D eigenvalue weighted by Gasteiger charge is 2.73. The molecule has 0 spiro atoms. The molecule has 1 unspecified atom stereocenters. The fourth-order valence-electron chi connectivity index (χ4n) is 2.08. The lowest BCUT2D eigenvalue weighted by Gasteiger charge is -2.33.